The molecule has 134 valence electrons. The van der Waals surface area contributed by atoms with Crippen molar-refractivity contribution in [2.24, 2.45) is 0 Å². The minimum Gasteiger partial charge on any atom is -0.326 e. The Hall–Kier alpha value is -2.37. The Balaban J connectivity index is 1.49. The lowest BCUT2D eigenvalue weighted by atomic mass is 9.98. The summed E-state index contributed by atoms with van der Waals surface area (Å²) in [6, 6.07) is 5.47. The van der Waals surface area contributed by atoms with Crippen molar-refractivity contribution in [2.75, 3.05) is 11.9 Å². The van der Waals surface area contributed by atoms with Gasteiger partial charge in [0.25, 0.3) is 5.91 Å². The second kappa shape index (κ2) is 6.86. The third kappa shape index (κ3) is 3.52. The summed E-state index contributed by atoms with van der Waals surface area (Å²) in [6.07, 6.45) is 4.13. The summed E-state index contributed by atoms with van der Waals surface area (Å²) < 4.78 is 0. The zero-order chi connectivity index (χ0) is 18.0. The first-order chi connectivity index (χ1) is 11.9. The van der Waals surface area contributed by atoms with Crippen LogP contribution in [0.5, 0.6) is 0 Å². The Morgan fingerprint density at radius 3 is 2.60 bits per heavy atom. The molecule has 2 fully saturated rings. The van der Waals surface area contributed by atoms with E-state index < -0.39 is 5.54 Å². The molecule has 1 spiro atoms. The normalized spacial score (nSPS) is 18.7. The first-order valence-electron chi connectivity index (χ1n) is 8.92. The fraction of sp³-hybridized carbons (Fsp3) is 0.526. The van der Waals surface area contributed by atoms with E-state index >= 15 is 0 Å². The number of hydrogen-bond donors (Lipinski definition) is 2. The van der Waals surface area contributed by atoms with E-state index in [2.05, 4.69) is 10.6 Å². The molecule has 0 atom stereocenters. The molecule has 1 saturated carbocycles. The van der Waals surface area contributed by atoms with Gasteiger partial charge in [0.05, 0.1) is 0 Å². The lowest BCUT2D eigenvalue weighted by Gasteiger charge is -2.19. The van der Waals surface area contributed by atoms with Gasteiger partial charge in [-0.05, 0) is 56.4 Å². The molecule has 0 radical (unpaired) electrons. The molecule has 6 heteroatoms. The molecular formula is C19H25N3O3. The number of nitrogens with one attached hydrogen (secondary N) is 2. The van der Waals surface area contributed by atoms with Gasteiger partial charge in [0.2, 0.25) is 5.91 Å². The van der Waals surface area contributed by atoms with Crippen LogP contribution in [0.2, 0.25) is 0 Å². The first-order valence-corrected chi connectivity index (χ1v) is 8.92. The van der Waals surface area contributed by atoms with Gasteiger partial charge in [0, 0.05) is 18.7 Å². The van der Waals surface area contributed by atoms with Crippen molar-refractivity contribution in [3.63, 3.8) is 0 Å². The van der Waals surface area contributed by atoms with Gasteiger partial charge in [0.15, 0.2) is 0 Å². The fourth-order valence-corrected chi connectivity index (χ4v) is 3.64. The quantitative estimate of drug-likeness (QED) is 0.807. The number of hydrogen-bond acceptors (Lipinski definition) is 3. The Morgan fingerprint density at radius 1 is 1.20 bits per heavy atom. The van der Waals surface area contributed by atoms with E-state index in [9.17, 15) is 14.4 Å². The summed E-state index contributed by atoms with van der Waals surface area (Å²) >= 11 is 0. The van der Waals surface area contributed by atoms with Crippen molar-refractivity contribution >= 4 is 23.5 Å². The Morgan fingerprint density at radius 2 is 1.92 bits per heavy atom. The molecule has 1 saturated heterocycles. The van der Waals surface area contributed by atoms with Crippen molar-refractivity contribution in [1.29, 1.82) is 0 Å². The molecule has 1 heterocycles. The molecule has 2 N–H and O–H groups in total. The molecular weight excluding hydrogens is 318 g/mol. The summed E-state index contributed by atoms with van der Waals surface area (Å²) in [5, 5.41) is 5.72. The number of carbonyl (C=O) groups is 3. The average molecular weight is 343 g/mol. The summed E-state index contributed by atoms with van der Waals surface area (Å²) in [7, 11) is 0. The fourth-order valence-electron chi connectivity index (χ4n) is 3.64. The van der Waals surface area contributed by atoms with Crippen molar-refractivity contribution < 1.29 is 14.4 Å². The van der Waals surface area contributed by atoms with Crippen molar-refractivity contribution in [2.45, 2.75) is 57.9 Å². The number of anilines is 1. The molecule has 25 heavy (non-hydrogen) atoms. The van der Waals surface area contributed by atoms with E-state index in [0.29, 0.717) is 6.42 Å². The molecule has 3 rings (SSSR count). The van der Waals surface area contributed by atoms with E-state index in [1.807, 2.05) is 32.0 Å². The smallest absolute Gasteiger partial charge is 0.325 e. The van der Waals surface area contributed by atoms with E-state index in [0.717, 1.165) is 36.9 Å². The molecule has 6 nitrogen and oxygen atoms in total. The van der Waals surface area contributed by atoms with E-state index in [1.165, 1.54) is 10.5 Å². The standard InChI is InChI=1S/C19H25N3O3/c1-13-7-8-15(12-14(13)2)20-16(23)6-5-11-22-17(24)19(21-18(22)25)9-3-4-10-19/h7-8,12H,3-6,9-11H2,1-2H3,(H,20,23)(H,21,25). The first kappa shape index (κ1) is 17.5. The van der Waals surface area contributed by atoms with Crippen LogP contribution < -0.4 is 10.6 Å². The number of urea groups is 1. The molecule has 0 unspecified atom stereocenters. The number of carbonyl (C=O) groups excluding carboxylic acids is 3. The largest absolute Gasteiger partial charge is 0.326 e. The molecule has 1 aliphatic carbocycles. The van der Waals surface area contributed by atoms with Crippen LogP contribution in [-0.2, 0) is 9.59 Å². The monoisotopic (exact) mass is 343 g/mol. The maximum Gasteiger partial charge on any atom is 0.325 e. The average Bonchev–Trinajstić information content (AvgIpc) is 3.12. The van der Waals surface area contributed by atoms with Crippen LogP contribution in [0.25, 0.3) is 0 Å². The van der Waals surface area contributed by atoms with Crippen molar-refractivity contribution in [1.82, 2.24) is 10.2 Å². The zero-order valence-corrected chi connectivity index (χ0v) is 14.9. The van der Waals surface area contributed by atoms with Gasteiger partial charge in [-0.1, -0.05) is 18.9 Å². The van der Waals surface area contributed by atoms with Crippen molar-refractivity contribution in [3.05, 3.63) is 29.3 Å². The molecule has 0 aromatic heterocycles. The number of nitrogens with zero attached hydrogens (tertiary/aromatic N) is 1. The lowest BCUT2D eigenvalue weighted by Crippen LogP contribution is -2.44. The minimum absolute atomic E-state index is 0.106. The van der Waals surface area contributed by atoms with Crippen LogP contribution in [0.4, 0.5) is 10.5 Å². The van der Waals surface area contributed by atoms with E-state index in [4.69, 9.17) is 0 Å². The predicted molar refractivity (Wildman–Crippen MR) is 95.2 cm³/mol. The minimum atomic E-state index is -0.668. The molecule has 1 aliphatic heterocycles. The van der Waals surface area contributed by atoms with Gasteiger partial charge < -0.3 is 10.6 Å². The van der Waals surface area contributed by atoms with Gasteiger partial charge in [-0.2, -0.15) is 0 Å². The molecule has 2 aliphatic rings. The third-order valence-corrected chi connectivity index (χ3v) is 5.28. The van der Waals surface area contributed by atoms with Gasteiger partial charge in [-0.3, -0.25) is 14.5 Å². The van der Waals surface area contributed by atoms with E-state index in [1.54, 1.807) is 0 Å². The number of amides is 4. The number of rotatable bonds is 5. The van der Waals surface area contributed by atoms with Crippen LogP contribution in [0.15, 0.2) is 18.2 Å². The topological polar surface area (TPSA) is 78.5 Å². The molecule has 0 bridgehead atoms. The second-order valence-corrected chi connectivity index (χ2v) is 7.13. The zero-order valence-electron chi connectivity index (χ0n) is 14.9. The maximum atomic E-state index is 12.5. The summed E-state index contributed by atoms with van der Waals surface area (Å²) in [5.74, 6) is -0.226. The highest BCUT2D eigenvalue weighted by Gasteiger charge is 2.51. The molecule has 1 aromatic carbocycles. The van der Waals surface area contributed by atoms with Gasteiger partial charge in [0.1, 0.15) is 5.54 Å². The highest BCUT2D eigenvalue weighted by atomic mass is 16.2. The van der Waals surface area contributed by atoms with Crippen LogP contribution in [0.3, 0.4) is 0 Å². The number of aryl methyl sites for hydroxylation is 2. The Bertz CT molecular complexity index is 708. The highest BCUT2D eigenvalue weighted by molar-refractivity contribution is 6.07. The Kier molecular flexibility index (Phi) is 4.79. The lowest BCUT2D eigenvalue weighted by molar-refractivity contribution is -0.131. The predicted octanol–water partition coefficient (Wildman–Crippen LogP) is 2.89. The highest BCUT2D eigenvalue weighted by Crippen LogP contribution is 2.35. The van der Waals surface area contributed by atoms with Gasteiger partial charge >= 0.3 is 6.03 Å². The summed E-state index contributed by atoms with van der Waals surface area (Å²) in [5.41, 5.74) is 2.41. The third-order valence-electron chi connectivity index (χ3n) is 5.28. The van der Waals surface area contributed by atoms with Crippen LogP contribution in [0, 0.1) is 13.8 Å². The second-order valence-electron chi connectivity index (χ2n) is 7.13. The van der Waals surface area contributed by atoms with Gasteiger partial charge in [-0.15, -0.1) is 0 Å². The summed E-state index contributed by atoms with van der Waals surface area (Å²) in [6.45, 7) is 4.31. The molecule has 4 amide bonds. The molecule has 1 aromatic rings. The van der Waals surface area contributed by atoms with Crippen LogP contribution >= 0.6 is 0 Å². The van der Waals surface area contributed by atoms with Gasteiger partial charge in [-0.25, -0.2) is 4.79 Å². The van der Waals surface area contributed by atoms with Crippen LogP contribution in [-0.4, -0.2) is 34.8 Å². The Labute approximate surface area is 148 Å². The van der Waals surface area contributed by atoms with E-state index in [-0.39, 0.29) is 30.8 Å². The van der Waals surface area contributed by atoms with Crippen molar-refractivity contribution in [3.8, 4) is 0 Å². The number of benzene rings is 1. The maximum absolute atomic E-state index is 12.5. The van der Waals surface area contributed by atoms with Crippen LogP contribution in [0.1, 0.15) is 49.7 Å². The summed E-state index contributed by atoms with van der Waals surface area (Å²) in [4.78, 5) is 37.9. The number of imide groups is 1. The SMILES string of the molecule is Cc1ccc(NC(=O)CCCN2C(=O)NC3(CCCC3)C2=O)cc1C.